The smallest absolute Gasteiger partial charge is 0.242 e. The molecule has 1 N–H and O–H groups in total. The summed E-state index contributed by atoms with van der Waals surface area (Å²) in [6, 6.07) is 0. The van der Waals surface area contributed by atoms with Crippen LogP contribution in [0.3, 0.4) is 0 Å². The number of aryl methyl sites for hydroxylation is 1. The molecule has 1 aliphatic rings. The Balaban J connectivity index is 2.22. The van der Waals surface area contributed by atoms with Crippen LogP contribution in [0.5, 0.6) is 0 Å². The normalized spacial score (nSPS) is 23.7. The maximum atomic E-state index is 12.3. The van der Waals surface area contributed by atoms with E-state index >= 15 is 0 Å². The number of hydrogen-bond donors (Lipinski definition) is 1. The SMILES string of the molecule is CNC(=O)C1(COC)CCCN1Cc1nccn1C. The number of carbonyl (C=O) groups excluding carboxylic acids is 1. The number of methoxy groups -OCH3 is 1. The highest BCUT2D eigenvalue weighted by Gasteiger charge is 2.47. The van der Waals surface area contributed by atoms with Gasteiger partial charge in [-0.2, -0.15) is 0 Å². The summed E-state index contributed by atoms with van der Waals surface area (Å²) in [7, 11) is 5.29. The molecule has 6 heteroatoms. The average molecular weight is 266 g/mol. The molecule has 1 aromatic heterocycles. The van der Waals surface area contributed by atoms with Crippen LogP contribution in [-0.2, 0) is 23.1 Å². The summed E-state index contributed by atoms with van der Waals surface area (Å²) < 4.78 is 7.29. The molecular formula is C13H22N4O2. The second-order valence-corrected chi connectivity index (χ2v) is 5.02. The van der Waals surface area contributed by atoms with Crippen molar-refractivity contribution >= 4 is 5.91 Å². The fourth-order valence-corrected chi connectivity index (χ4v) is 2.84. The minimum absolute atomic E-state index is 0.0288. The molecule has 1 unspecified atom stereocenters. The first-order valence-electron chi connectivity index (χ1n) is 6.56. The number of amides is 1. The maximum absolute atomic E-state index is 12.3. The molecular weight excluding hydrogens is 244 g/mol. The van der Waals surface area contributed by atoms with Gasteiger partial charge < -0.3 is 14.6 Å². The maximum Gasteiger partial charge on any atom is 0.242 e. The molecule has 6 nitrogen and oxygen atoms in total. The Labute approximate surface area is 113 Å². The van der Waals surface area contributed by atoms with E-state index in [0.717, 1.165) is 25.2 Å². The van der Waals surface area contributed by atoms with E-state index in [4.69, 9.17) is 4.74 Å². The lowest BCUT2D eigenvalue weighted by molar-refractivity contribution is -0.135. The number of nitrogens with one attached hydrogen (secondary N) is 1. The van der Waals surface area contributed by atoms with Gasteiger partial charge in [0.2, 0.25) is 5.91 Å². The summed E-state index contributed by atoms with van der Waals surface area (Å²) >= 11 is 0. The highest BCUT2D eigenvalue weighted by atomic mass is 16.5. The lowest BCUT2D eigenvalue weighted by Crippen LogP contribution is -2.57. The van der Waals surface area contributed by atoms with Crippen LogP contribution in [0, 0.1) is 0 Å². The van der Waals surface area contributed by atoms with Crippen LogP contribution < -0.4 is 5.32 Å². The van der Waals surface area contributed by atoms with E-state index in [0.29, 0.717) is 13.2 Å². The Morgan fingerprint density at radius 1 is 1.63 bits per heavy atom. The average Bonchev–Trinajstić information content (AvgIpc) is 2.98. The van der Waals surface area contributed by atoms with Crippen molar-refractivity contribution in [3.05, 3.63) is 18.2 Å². The molecule has 106 valence electrons. The molecule has 1 saturated heterocycles. The van der Waals surface area contributed by atoms with Gasteiger partial charge in [0.1, 0.15) is 11.4 Å². The molecule has 0 aliphatic carbocycles. The van der Waals surface area contributed by atoms with Gasteiger partial charge in [0.25, 0.3) is 0 Å². The van der Waals surface area contributed by atoms with Crippen molar-refractivity contribution in [3.8, 4) is 0 Å². The molecule has 0 spiro atoms. The van der Waals surface area contributed by atoms with E-state index in [1.807, 2.05) is 17.8 Å². The lowest BCUT2D eigenvalue weighted by atomic mass is 9.96. The van der Waals surface area contributed by atoms with E-state index in [1.165, 1.54) is 0 Å². The molecule has 1 amide bonds. The van der Waals surface area contributed by atoms with Crippen LogP contribution in [0.4, 0.5) is 0 Å². The fraction of sp³-hybridized carbons (Fsp3) is 0.692. The van der Waals surface area contributed by atoms with Gasteiger partial charge in [-0.15, -0.1) is 0 Å². The number of imidazole rings is 1. The number of likely N-dealkylation sites (N-methyl/N-ethyl adjacent to an activating group) is 1. The Kier molecular flexibility index (Phi) is 4.21. The summed E-state index contributed by atoms with van der Waals surface area (Å²) in [4.78, 5) is 18.8. The Morgan fingerprint density at radius 3 is 3.00 bits per heavy atom. The van der Waals surface area contributed by atoms with E-state index in [9.17, 15) is 4.79 Å². The number of hydrogen-bond acceptors (Lipinski definition) is 4. The minimum Gasteiger partial charge on any atom is -0.382 e. The molecule has 2 heterocycles. The van der Waals surface area contributed by atoms with Crippen LogP contribution >= 0.6 is 0 Å². The molecule has 2 rings (SSSR count). The van der Waals surface area contributed by atoms with E-state index < -0.39 is 5.54 Å². The number of nitrogens with zero attached hydrogens (tertiary/aromatic N) is 3. The van der Waals surface area contributed by atoms with Gasteiger partial charge in [0.05, 0.1) is 13.2 Å². The van der Waals surface area contributed by atoms with Crippen molar-refractivity contribution < 1.29 is 9.53 Å². The van der Waals surface area contributed by atoms with Gasteiger partial charge in [0.15, 0.2) is 0 Å². The second kappa shape index (κ2) is 5.71. The van der Waals surface area contributed by atoms with Crippen LogP contribution in [-0.4, -0.2) is 53.2 Å². The van der Waals surface area contributed by atoms with E-state index in [2.05, 4.69) is 15.2 Å². The molecule has 1 aromatic rings. The van der Waals surface area contributed by atoms with Gasteiger partial charge >= 0.3 is 0 Å². The molecule has 1 fully saturated rings. The number of aromatic nitrogens is 2. The molecule has 1 aliphatic heterocycles. The van der Waals surface area contributed by atoms with Crippen LogP contribution in [0.15, 0.2) is 12.4 Å². The first-order chi connectivity index (χ1) is 9.14. The van der Waals surface area contributed by atoms with Gasteiger partial charge in [-0.25, -0.2) is 4.98 Å². The quantitative estimate of drug-likeness (QED) is 0.824. The van der Waals surface area contributed by atoms with Crippen LogP contribution in [0.2, 0.25) is 0 Å². The third kappa shape index (κ3) is 2.50. The molecule has 0 saturated carbocycles. The number of ether oxygens (including phenoxy) is 1. The minimum atomic E-state index is -0.560. The Morgan fingerprint density at radius 2 is 2.42 bits per heavy atom. The third-order valence-corrected chi connectivity index (χ3v) is 3.91. The largest absolute Gasteiger partial charge is 0.382 e. The van der Waals surface area contributed by atoms with Gasteiger partial charge in [-0.1, -0.05) is 0 Å². The monoisotopic (exact) mass is 266 g/mol. The van der Waals surface area contributed by atoms with E-state index in [-0.39, 0.29) is 5.91 Å². The van der Waals surface area contributed by atoms with Crippen molar-refractivity contribution in [3.63, 3.8) is 0 Å². The Hall–Kier alpha value is -1.40. The number of carbonyl (C=O) groups is 1. The van der Waals surface area contributed by atoms with Gasteiger partial charge in [0, 0.05) is 33.6 Å². The first kappa shape index (κ1) is 14.0. The zero-order valence-corrected chi connectivity index (χ0v) is 11.8. The zero-order chi connectivity index (χ0) is 13.9. The predicted molar refractivity (Wildman–Crippen MR) is 71.5 cm³/mol. The predicted octanol–water partition coefficient (Wildman–Crippen LogP) is 0.147. The fourth-order valence-electron chi connectivity index (χ4n) is 2.84. The zero-order valence-electron chi connectivity index (χ0n) is 11.8. The summed E-state index contributed by atoms with van der Waals surface area (Å²) in [5.74, 6) is 0.993. The van der Waals surface area contributed by atoms with Crippen molar-refractivity contribution in [2.24, 2.45) is 7.05 Å². The number of rotatable bonds is 5. The van der Waals surface area contributed by atoms with Crippen molar-refractivity contribution in [2.75, 3.05) is 27.3 Å². The van der Waals surface area contributed by atoms with Crippen molar-refractivity contribution in [2.45, 2.75) is 24.9 Å². The van der Waals surface area contributed by atoms with Crippen molar-refractivity contribution in [1.29, 1.82) is 0 Å². The second-order valence-electron chi connectivity index (χ2n) is 5.02. The first-order valence-corrected chi connectivity index (χ1v) is 6.56. The van der Waals surface area contributed by atoms with E-state index in [1.54, 1.807) is 20.4 Å². The Bertz CT molecular complexity index is 446. The molecule has 0 aromatic carbocycles. The summed E-state index contributed by atoms with van der Waals surface area (Å²) in [5.41, 5.74) is -0.560. The molecule has 0 bridgehead atoms. The highest BCUT2D eigenvalue weighted by Crippen LogP contribution is 2.31. The summed E-state index contributed by atoms with van der Waals surface area (Å²) in [5, 5.41) is 2.77. The molecule has 0 radical (unpaired) electrons. The lowest BCUT2D eigenvalue weighted by Gasteiger charge is -2.35. The van der Waals surface area contributed by atoms with Gasteiger partial charge in [-0.3, -0.25) is 9.69 Å². The molecule has 19 heavy (non-hydrogen) atoms. The standard InChI is InChI=1S/C13H22N4O2/c1-14-12(18)13(10-19-3)5-4-7-17(13)9-11-15-6-8-16(11)2/h6,8H,4-5,7,9-10H2,1-3H3,(H,14,18). The molecule has 1 atom stereocenters. The summed E-state index contributed by atoms with van der Waals surface area (Å²) in [6.45, 7) is 1.97. The summed E-state index contributed by atoms with van der Waals surface area (Å²) in [6.07, 6.45) is 5.53. The van der Waals surface area contributed by atoms with Crippen LogP contribution in [0.25, 0.3) is 0 Å². The van der Waals surface area contributed by atoms with Crippen molar-refractivity contribution in [1.82, 2.24) is 19.8 Å². The topological polar surface area (TPSA) is 59.4 Å². The van der Waals surface area contributed by atoms with Gasteiger partial charge in [-0.05, 0) is 19.4 Å². The number of likely N-dealkylation sites (tertiary alicyclic amines) is 1. The highest BCUT2D eigenvalue weighted by molar-refractivity contribution is 5.86. The third-order valence-electron chi connectivity index (χ3n) is 3.91. The van der Waals surface area contributed by atoms with Crippen LogP contribution in [0.1, 0.15) is 18.7 Å².